The molecule has 0 spiro atoms. The number of benzene rings is 2. The van der Waals surface area contributed by atoms with Crippen molar-refractivity contribution >= 4 is 6.03 Å². The SMILES string of the molecule is CCCCC[C@@](O)(c1ccccc1)[C@@H]1CCCN(C(=O)N[C@H](CN)Cc2ccccc2)C1. The largest absolute Gasteiger partial charge is 0.385 e. The molecular weight excluding hydrogens is 398 g/mol. The summed E-state index contributed by atoms with van der Waals surface area (Å²) in [6, 6.07) is 19.9. The minimum Gasteiger partial charge on any atom is -0.385 e. The summed E-state index contributed by atoms with van der Waals surface area (Å²) in [5.74, 6) is 0.0201. The summed E-state index contributed by atoms with van der Waals surface area (Å²) in [6.07, 6.45) is 6.46. The molecular formula is C27H39N3O2. The van der Waals surface area contributed by atoms with Crippen LogP contribution >= 0.6 is 0 Å². The van der Waals surface area contributed by atoms with Crippen LogP contribution < -0.4 is 11.1 Å². The summed E-state index contributed by atoms with van der Waals surface area (Å²) in [7, 11) is 0. The quantitative estimate of drug-likeness (QED) is 0.481. The number of nitrogens with zero attached hydrogens (tertiary/aromatic N) is 1. The van der Waals surface area contributed by atoms with E-state index in [0.29, 0.717) is 26.1 Å². The first kappa shape index (κ1) is 24.3. The normalized spacial score (nSPS) is 19.2. The molecule has 2 amide bonds. The van der Waals surface area contributed by atoms with Crippen LogP contribution in [0.5, 0.6) is 0 Å². The summed E-state index contributed by atoms with van der Waals surface area (Å²) in [6.45, 7) is 3.84. The van der Waals surface area contributed by atoms with Crippen LogP contribution in [0, 0.1) is 5.92 Å². The molecule has 3 atom stereocenters. The second-order valence-electron chi connectivity index (χ2n) is 9.10. The molecule has 1 aliphatic rings. The van der Waals surface area contributed by atoms with Crippen molar-refractivity contribution in [1.82, 2.24) is 10.2 Å². The summed E-state index contributed by atoms with van der Waals surface area (Å²) in [5.41, 5.74) is 7.18. The Morgan fingerprint density at radius 3 is 2.50 bits per heavy atom. The molecule has 0 radical (unpaired) electrons. The lowest BCUT2D eigenvalue weighted by Crippen LogP contribution is -2.54. The number of hydrogen-bond donors (Lipinski definition) is 3. The van der Waals surface area contributed by atoms with E-state index in [2.05, 4.69) is 24.4 Å². The van der Waals surface area contributed by atoms with E-state index in [9.17, 15) is 9.90 Å². The van der Waals surface area contributed by atoms with Crippen molar-refractivity contribution in [3.05, 3.63) is 71.8 Å². The van der Waals surface area contributed by atoms with E-state index in [1.807, 2.05) is 53.4 Å². The van der Waals surface area contributed by atoms with Crippen molar-refractivity contribution in [3.63, 3.8) is 0 Å². The van der Waals surface area contributed by atoms with Crippen molar-refractivity contribution < 1.29 is 9.90 Å². The maximum Gasteiger partial charge on any atom is 0.317 e. The molecule has 3 rings (SSSR count). The topological polar surface area (TPSA) is 78.6 Å². The molecule has 0 bridgehead atoms. The first-order valence-corrected chi connectivity index (χ1v) is 12.1. The van der Waals surface area contributed by atoms with Gasteiger partial charge in [0, 0.05) is 31.6 Å². The third-order valence-corrected chi connectivity index (χ3v) is 6.76. The van der Waals surface area contributed by atoms with Crippen LogP contribution in [0.4, 0.5) is 4.79 Å². The monoisotopic (exact) mass is 437 g/mol. The Kier molecular flexibility index (Phi) is 9.12. The zero-order valence-electron chi connectivity index (χ0n) is 19.4. The van der Waals surface area contributed by atoms with Gasteiger partial charge < -0.3 is 21.1 Å². The zero-order chi connectivity index (χ0) is 22.8. The molecule has 0 saturated carbocycles. The molecule has 1 aliphatic heterocycles. The fraction of sp³-hybridized carbons (Fsp3) is 0.519. The van der Waals surface area contributed by atoms with E-state index < -0.39 is 5.60 Å². The highest BCUT2D eigenvalue weighted by Crippen LogP contribution is 2.39. The minimum atomic E-state index is -0.910. The van der Waals surface area contributed by atoms with Gasteiger partial charge in [0.15, 0.2) is 0 Å². The number of likely N-dealkylation sites (tertiary alicyclic amines) is 1. The zero-order valence-corrected chi connectivity index (χ0v) is 19.4. The lowest BCUT2D eigenvalue weighted by Gasteiger charge is -2.43. The van der Waals surface area contributed by atoms with E-state index in [1.165, 1.54) is 0 Å². The molecule has 174 valence electrons. The van der Waals surface area contributed by atoms with Gasteiger partial charge in [-0.05, 0) is 36.8 Å². The van der Waals surface area contributed by atoms with Crippen molar-refractivity contribution in [1.29, 1.82) is 0 Å². The highest BCUT2D eigenvalue weighted by Gasteiger charge is 2.41. The van der Waals surface area contributed by atoms with E-state index in [1.54, 1.807) is 0 Å². The summed E-state index contributed by atoms with van der Waals surface area (Å²) >= 11 is 0. The molecule has 5 heteroatoms. The second kappa shape index (κ2) is 12.0. The van der Waals surface area contributed by atoms with Crippen LogP contribution in [0.15, 0.2) is 60.7 Å². The lowest BCUT2D eigenvalue weighted by molar-refractivity contribution is -0.0557. The van der Waals surface area contributed by atoms with Crippen LogP contribution in [0.2, 0.25) is 0 Å². The summed E-state index contributed by atoms with van der Waals surface area (Å²) in [4.78, 5) is 15.0. The Bertz CT molecular complexity index is 814. The van der Waals surface area contributed by atoms with Crippen molar-refractivity contribution in [2.45, 2.75) is 63.5 Å². The Hall–Kier alpha value is -2.37. The van der Waals surface area contributed by atoms with Crippen LogP contribution in [0.3, 0.4) is 0 Å². The number of nitrogens with one attached hydrogen (secondary N) is 1. The van der Waals surface area contributed by atoms with Crippen molar-refractivity contribution in [2.75, 3.05) is 19.6 Å². The first-order valence-electron chi connectivity index (χ1n) is 12.1. The molecule has 2 aromatic carbocycles. The van der Waals surface area contributed by atoms with Gasteiger partial charge in [-0.25, -0.2) is 4.79 Å². The molecule has 1 heterocycles. The van der Waals surface area contributed by atoms with Gasteiger partial charge in [-0.15, -0.1) is 0 Å². The molecule has 4 N–H and O–H groups in total. The van der Waals surface area contributed by atoms with E-state index in [-0.39, 0.29) is 18.0 Å². The van der Waals surface area contributed by atoms with Gasteiger partial charge in [0.1, 0.15) is 0 Å². The van der Waals surface area contributed by atoms with Crippen molar-refractivity contribution in [2.24, 2.45) is 11.7 Å². The Morgan fingerprint density at radius 2 is 1.84 bits per heavy atom. The minimum absolute atomic E-state index is 0.0201. The molecule has 5 nitrogen and oxygen atoms in total. The van der Waals surface area contributed by atoms with E-state index in [4.69, 9.17) is 5.73 Å². The highest BCUT2D eigenvalue weighted by atomic mass is 16.3. The lowest BCUT2D eigenvalue weighted by atomic mass is 9.74. The Labute approximate surface area is 193 Å². The molecule has 0 aliphatic carbocycles. The number of amides is 2. The van der Waals surface area contributed by atoms with E-state index in [0.717, 1.165) is 49.7 Å². The summed E-state index contributed by atoms with van der Waals surface area (Å²) in [5, 5.41) is 15.0. The Morgan fingerprint density at radius 1 is 1.16 bits per heavy atom. The first-order chi connectivity index (χ1) is 15.6. The van der Waals surface area contributed by atoms with Crippen LogP contribution in [-0.4, -0.2) is 41.7 Å². The van der Waals surface area contributed by atoms with E-state index >= 15 is 0 Å². The standard InChI is InChI=1S/C27H39N3O2/c1-2-3-10-17-27(32,23-14-8-5-9-15-23)24-16-11-18-30(21-24)26(31)29-25(20-28)19-22-12-6-4-7-13-22/h4-9,12-15,24-25,32H,2-3,10-11,16-21,28H2,1H3,(H,29,31)/t24-,25+,27-/m1/s1. The van der Waals surface area contributed by atoms with Gasteiger partial charge in [-0.2, -0.15) is 0 Å². The van der Waals surface area contributed by atoms with Gasteiger partial charge in [0.2, 0.25) is 0 Å². The third kappa shape index (κ3) is 6.33. The second-order valence-corrected chi connectivity index (χ2v) is 9.10. The number of rotatable bonds is 10. The average molecular weight is 438 g/mol. The van der Waals surface area contributed by atoms with Crippen LogP contribution in [0.1, 0.15) is 56.6 Å². The maximum absolute atomic E-state index is 13.1. The van der Waals surface area contributed by atoms with Gasteiger partial charge in [-0.1, -0.05) is 86.8 Å². The molecule has 1 fully saturated rings. The highest BCUT2D eigenvalue weighted by molar-refractivity contribution is 5.74. The van der Waals surface area contributed by atoms with Gasteiger partial charge in [-0.3, -0.25) is 0 Å². The van der Waals surface area contributed by atoms with Gasteiger partial charge >= 0.3 is 6.03 Å². The third-order valence-electron chi connectivity index (χ3n) is 6.76. The summed E-state index contributed by atoms with van der Waals surface area (Å²) < 4.78 is 0. The molecule has 2 aromatic rings. The number of urea groups is 1. The smallest absolute Gasteiger partial charge is 0.317 e. The molecule has 0 unspecified atom stereocenters. The number of carbonyl (C=O) groups excluding carboxylic acids is 1. The molecule has 1 saturated heterocycles. The number of hydrogen-bond acceptors (Lipinski definition) is 3. The molecule has 32 heavy (non-hydrogen) atoms. The molecule has 0 aromatic heterocycles. The number of nitrogens with two attached hydrogens (primary N) is 1. The predicted molar refractivity (Wildman–Crippen MR) is 130 cm³/mol. The average Bonchev–Trinajstić information content (AvgIpc) is 2.85. The number of carbonyl (C=O) groups is 1. The van der Waals surface area contributed by atoms with Gasteiger partial charge in [0.25, 0.3) is 0 Å². The predicted octanol–water partition coefficient (Wildman–Crippen LogP) is 4.45. The number of aliphatic hydroxyl groups is 1. The number of unbranched alkanes of at least 4 members (excludes halogenated alkanes) is 2. The number of piperidine rings is 1. The Balaban J connectivity index is 1.68. The van der Waals surface area contributed by atoms with Crippen LogP contribution in [-0.2, 0) is 12.0 Å². The van der Waals surface area contributed by atoms with Gasteiger partial charge in [0.05, 0.1) is 5.60 Å². The van der Waals surface area contributed by atoms with Crippen LogP contribution in [0.25, 0.3) is 0 Å². The maximum atomic E-state index is 13.1. The fourth-order valence-electron chi connectivity index (χ4n) is 4.86. The fourth-order valence-corrected chi connectivity index (χ4v) is 4.86. The van der Waals surface area contributed by atoms with Crippen molar-refractivity contribution in [3.8, 4) is 0 Å².